The Bertz CT molecular complexity index is 815. The number of fused-ring (bicyclic) bond motifs is 1. The van der Waals surface area contributed by atoms with Gasteiger partial charge in [0.1, 0.15) is 17.6 Å². The highest BCUT2D eigenvalue weighted by Gasteiger charge is 2.18. The van der Waals surface area contributed by atoms with Crippen molar-refractivity contribution < 1.29 is 10.2 Å². The van der Waals surface area contributed by atoms with Crippen LogP contribution >= 0.6 is 11.6 Å². The van der Waals surface area contributed by atoms with Crippen LogP contribution in [-0.2, 0) is 13.0 Å². The molecule has 0 saturated carbocycles. The number of nitrogens with one attached hydrogen (secondary N) is 1. The van der Waals surface area contributed by atoms with E-state index in [2.05, 4.69) is 10.3 Å². The first-order chi connectivity index (χ1) is 11.1. The Morgan fingerprint density at radius 3 is 2.70 bits per heavy atom. The van der Waals surface area contributed by atoms with E-state index >= 15 is 0 Å². The van der Waals surface area contributed by atoms with Crippen LogP contribution in [0.3, 0.4) is 0 Å². The molecule has 0 amide bonds. The van der Waals surface area contributed by atoms with Gasteiger partial charge in [-0.15, -0.1) is 0 Å². The zero-order valence-electron chi connectivity index (χ0n) is 12.7. The second kappa shape index (κ2) is 6.58. The molecule has 1 aromatic carbocycles. The minimum absolute atomic E-state index is 0.223. The Labute approximate surface area is 139 Å². The smallest absolute Gasteiger partial charge is 0.148 e. The van der Waals surface area contributed by atoms with Crippen molar-refractivity contribution in [3.8, 4) is 5.75 Å². The maximum Gasteiger partial charge on any atom is 0.148 e. The maximum atomic E-state index is 10.6. The lowest BCUT2D eigenvalue weighted by Gasteiger charge is -2.14. The molecule has 6 heteroatoms. The molecule has 5 nitrogen and oxygen atoms in total. The summed E-state index contributed by atoms with van der Waals surface area (Å²) in [4.78, 5) is 4.53. The van der Waals surface area contributed by atoms with E-state index in [1.807, 2.05) is 29.7 Å². The molecule has 23 heavy (non-hydrogen) atoms. The number of benzene rings is 1. The number of hydrogen-bond donors (Lipinski definition) is 3. The van der Waals surface area contributed by atoms with Gasteiger partial charge in [-0.1, -0.05) is 30.7 Å². The third-order valence-electron chi connectivity index (χ3n) is 3.73. The number of imidazole rings is 1. The third kappa shape index (κ3) is 3.32. The molecule has 0 spiro atoms. The minimum atomic E-state index is -0.852. The second-order valence-electron chi connectivity index (χ2n) is 5.32. The number of pyridine rings is 1. The number of aromatic hydroxyl groups is 1. The molecule has 0 radical (unpaired) electrons. The lowest BCUT2D eigenvalue weighted by Crippen LogP contribution is -2.22. The lowest BCUT2D eigenvalue weighted by atomic mass is 10.2. The number of nitrogens with zero attached hydrogens (tertiary/aromatic N) is 2. The van der Waals surface area contributed by atoms with Crippen molar-refractivity contribution in [2.24, 2.45) is 0 Å². The fourth-order valence-electron chi connectivity index (χ4n) is 2.56. The molecule has 120 valence electrons. The summed E-state index contributed by atoms with van der Waals surface area (Å²) in [6.07, 6.45) is 1.67. The van der Waals surface area contributed by atoms with Crippen LogP contribution in [0, 0.1) is 0 Å². The molecule has 3 rings (SSSR count). The Balaban J connectivity index is 1.84. The van der Waals surface area contributed by atoms with Crippen LogP contribution in [0.4, 0.5) is 0 Å². The van der Waals surface area contributed by atoms with Crippen molar-refractivity contribution in [2.45, 2.75) is 26.1 Å². The first kappa shape index (κ1) is 15.8. The predicted octanol–water partition coefficient (Wildman–Crippen LogP) is 3.04. The van der Waals surface area contributed by atoms with Gasteiger partial charge in [0.15, 0.2) is 0 Å². The summed E-state index contributed by atoms with van der Waals surface area (Å²) in [6, 6.07) is 10.4. The molecule has 3 N–H and O–H groups in total. The second-order valence-corrected chi connectivity index (χ2v) is 5.76. The zero-order valence-corrected chi connectivity index (χ0v) is 13.5. The SMILES string of the molecule is CCc1nc2cc(Cl)ccn2c1C(O)NCc1ccc(O)cc1. The van der Waals surface area contributed by atoms with Crippen molar-refractivity contribution in [1.29, 1.82) is 0 Å². The molecular formula is C17H18ClN3O2. The molecule has 2 heterocycles. The Hall–Kier alpha value is -2.08. The van der Waals surface area contributed by atoms with Gasteiger partial charge in [0, 0.05) is 23.8 Å². The number of aromatic nitrogens is 2. The van der Waals surface area contributed by atoms with Crippen LogP contribution in [0.25, 0.3) is 5.65 Å². The van der Waals surface area contributed by atoms with E-state index < -0.39 is 6.23 Å². The van der Waals surface area contributed by atoms with E-state index in [1.54, 1.807) is 24.3 Å². The number of phenolic OH excluding ortho intramolecular Hbond substituents is 1. The van der Waals surface area contributed by atoms with Gasteiger partial charge in [0.05, 0.1) is 11.4 Å². The van der Waals surface area contributed by atoms with E-state index in [4.69, 9.17) is 11.6 Å². The minimum Gasteiger partial charge on any atom is -0.508 e. The molecule has 0 fully saturated rings. The van der Waals surface area contributed by atoms with E-state index in [0.717, 1.165) is 22.6 Å². The molecule has 0 bridgehead atoms. The molecule has 0 aliphatic heterocycles. The number of rotatable bonds is 5. The van der Waals surface area contributed by atoms with Gasteiger partial charge in [-0.05, 0) is 30.2 Å². The Morgan fingerprint density at radius 2 is 2.00 bits per heavy atom. The van der Waals surface area contributed by atoms with Gasteiger partial charge in [-0.3, -0.25) is 9.72 Å². The highest BCUT2D eigenvalue weighted by atomic mass is 35.5. The molecule has 0 saturated heterocycles. The van der Waals surface area contributed by atoms with Gasteiger partial charge < -0.3 is 10.2 Å². The van der Waals surface area contributed by atoms with Crippen molar-refractivity contribution in [3.05, 3.63) is 64.6 Å². The standard InChI is InChI=1S/C17H18ClN3O2/c1-2-14-16(21-8-7-12(18)9-15(21)20-14)17(23)19-10-11-3-5-13(22)6-4-11/h3-9,17,19,22-23H,2,10H2,1H3. The fourth-order valence-corrected chi connectivity index (χ4v) is 2.72. The van der Waals surface area contributed by atoms with Gasteiger partial charge in [-0.2, -0.15) is 0 Å². The van der Waals surface area contributed by atoms with Gasteiger partial charge in [0.2, 0.25) is 0 Å². The van der Waals surface area contributed by atoms with Crippen LogP contribution in [0.2, 0.25) is 5.02 Å². The van der Waals surface area contributed by atoms with Crippen molar-refractivity contribution in [1.82, 2.24) is 14.7 Å². The first-order valence-electron chi connectivity index (χ1n) is 7.44. The Morgan fingerprint density at radius 1 is 1.26 bits per heavy atom. The van der Waals surface area contributed by atoms with Gasteiger partial charge >= 0.3 is 0 Å². The quantitative estimate of drug-likeness (QED) is 0.628. The Kier molecular flexibility index (Phi) is 4.52. The number of aryl methyl sites for hydroxylation is 1. The summed E-state index contributed by atoms with van der Waals surface area (Å²) < 4.78 is 1.85. The molecular weight excluding hydrogens is 314 g/mol. The largest absolute Gasteiger partial charge is 0.508 e. The van der Waals surface area contributed by atoms with Crippen molar-refractivity contribution >= 4 is 17.2 Å². The van der Waals surface area contributed by atoms with E-state index in [9.17, 15) is 10.2 Å². The molecule has 0 aliphatic carbocycles. The van der Waals surface area contributed by atoms with Gasteiger partial charge in [-0.25, -0.2) is 4.98 Å². The summed E-state index contributed by atoms with van der Waals surface area (Å²) in [5.74, 6) is 0.223. The zero-order chi connectivity index (χ0) is 16.4. The number of halogens is 1. The van der Waals surface area contributed by atoms with E-state index in [1.165, 1.54) is 0 Å². The number of aliphatic hydroxyl groups excluding tert-OH is 1. The molecule has 0 aliphatic rings. The van der Waals surface area contributed by atoms with Crippen LogP contribution in [0.15, 0.2) is 42.6 Å². The van der Waals surface area contributed by atoms with Crippen molar-refractivity contribution in [3.63, 3.8) is 0 Å². The maximum absolute atomic E-state index is 10.6. The van der Waals surface area contributed by atoms with Crippen LogP contribution < -0.4 is 5.32 Å². The fraction of sp³-hybridized carbons (Fsp3) is 0.235. The lowest BCUT2D eigenvalue weighted by molar-refractivity contribution is 0.130. The average molecular weight is 332 g/mol. The van der Waals surface area contributed by atoms with Crippen LogP contribution in [0.5, 0.6) is 5.75 Å². The molecule has 3 aromatic rings. The van der Waals surface area contributed by atoms with Crippen LogP contribution in [0.1, 0.15) is 30.1 Å². The van der Waals surface area contributed by atoms with Crippen LogP contribution in [-0.4, -0.2) is 19.6 Å². The van der Waals surface area contributed by atoms with E-state index in [0.29, 0.717) is 18.0 Å². The first-order valence-corrected chi connectivity index (χ1v) is 7.82. The highest BCUT2D eigenvalue weighted by molar-refractivity contribution is 6.30. The summed E-state index contributed by atoms with van der Waals surface area (Å²) in [5, 5.41) is 23.5. The molecule has 1 unspecified atom stereocenters. The average Bonchev–Trinajstić information content (AvgIpc) is 2.91. The monoisotopic (exact) mass is 331 g/mol. The summed E-state index contributed by atoms with van der Waals surface area (Å²) >= 11 is 6.01. The summed E-state index contributed by atoms with van der Waals surface area (Å²) in [7, 11) is 0. The topological polar surface area (TPSA) is 69.8 Å². The van der Waals surface area contributed by atoms with Gasteiger partial charge in [0.25, 0.3) is 0 Å². The number of hydrogen-bond acceptors (Lipinski definition) is 4. The van der Waals surface area contributed by atoms with E-state index in [-0.39, 0.29) is 5.75 Å². The van der Waals surface area contributed by atoms with Crippen molar-refractivity contribution in [2.75, 3.05) is 0 Å². The third-order valence-corrected chi connectivity index (χ3v) is 3.97. The molecule has 2 aromatic heterocycles. The number of phenols is 1. The summed E-state index contributed by atoms with van der Waals surface area (Å²) in [6.45, 7) is 2.48. The normalized spacial score (nSPS) is 12.7. The molecule has 1 atom stereocenters. The highest BCUT2D eigenvalue weighted by Crippen LogP contribution is 2.22. The predicted molar refractivity (Wildman–Crippen MR) is 89.5 cm³/mol. The summed E-state index contributed by atoms with van der Waals surface area (Å²) in [5.41, 5.74) is 3.24. The number of aliphatic hydroxyl groups is 1.